The molecule has 0 aromatic heterocycles. The van der Waals surface area contributed by atoms with Crippen molar-refractivity contribution in [1.82, 2.24) is 0 Å². The first-order valence-electron chi connectivity index (χ1n) is 5.10. The maximum absolute atomic E-state index is 9.49. The molecule has 0 fully saturated rings. The molecule has 15 heavy (non-hydrogen) atoms. The van der Waals surface area contributed by atoms with Crippen LogP contribution in [0.4, 0.5) is 0 Å². The molecule has 0 spiro atoms. The van der Waals surface area contributed by atoms with E-state index in [1.165, 1.54) is 0 Å². The summed E-state index contributed by atoms with van der Waals surface area (Å²) >= 11 is 0. The van der Waals surface area contributed by atoms with Crippen molar-refractivity contribution in [2.24, 2.45) is 11.5 Å². The van der Waals surface area contributed by atoms with E-state index >= 15 is 0 Å². The second-order valence-electron chi connectivity index (χ2n) is 3.34. The van der Waals surface area contributed by atoms with E-state index in [-0.39, 0.29) is 11.8 Å². The van der Waals surface area contributed by atoms with Gasteiger partial charge >= 0.3 is 0 Å². The van der Waals surface area contributed by atoms with Crippen LogP contribution >= 0.6 is 0 Å². The minimum Gasteiger partial charge on any atom is -0.504 e. The van der Waals surface area contributed by atoms with Crippen LogP contribution in [0, 0.1) is 0 Å². The summed E-state index contributed by atoms with van der Waals surface area (Å²) in [4.78, 5) is 0. The highest BCUT2D eigenvalue weighted by Crippen LogP contribution is 2.29. The largest absolute Gasteiger partial charge is 0.504 e. The number of aromatic hydroxyl groups is 1. The second-order valence-corrected chi connectivity index (χ2v) is 3.34. The Morgan fingerprint density at radius 3 is 2.80 bits per heavy atom. The van der Waals surface area contributed by atoms with Crippen molar-refractivity contribution in [2.45, 2.75) is 19.4 Å². The second kappa shape index (κ2) is 5.58. The Hall–Kier alpha value is -1.26. The average Bonchev–Trinajstić information content (AvgIpc) is 2.22. The molecule has 1 atom stereocenters. The number of benzene rings is 1. The monoisotopic (exact) mass is 210 g/mol. The van der Waals surface area contributed by atoms with Gasteiger partial charge in [-0.3, -0.25) is 0 Å². The molecule has 0 aliphatic heterocycles. The number of rotatable bonds is 5. The summed E-state index contributed by atoms with van der Waals surface area (Å²) < 4.78 is 5.27. The first kappa shape index (κ1) is 11.8. The third-order valence-electron chi connectivity index (χ3n) is 2.19. The molecule has 0 aliphatic carbocycles. The van der Waals surface area contributed by atoms with Gasteiger partial charge in [0.2, 0.25) is 0 Å². The third-order valence-corrected chi connectivity index (χ3v) is 2.19. The number of hydrogen-bond acceptors (Lipinski definition) is 4. The lowest BCUT2D eigenvalue weighted by Crippen LogP contribution is -2.15. The zero-order chi connectivity index (χ0) is 11.3. The summed E-state index contributed by atoms with van der Waals surface area (Å²) in [6.45, 7) is 2.93. The Kier molecular flexibility index (Phi) is 4.39. The first-order valence-corrected chi connectivity index (χ1v) is 5.10. The van der Waals surface area contributed by atoms with Gasteiger partial charge in [-0.15, -0.1) is 0 Å². The van der Waals surface area contributed by atoms with Gasteiger partial charge in [0.15, 0.2) is 11.5 Å². The van der Waals surface area contributed by atoms with E-state index in [2.05, 4.69) is 0 Å². The lowest BCUT2D eigenvalue weighted by atomic mass is 10.0. The molecule has 84 valence electrons. The van der Waals surface area contributed by atoms with Gasteiger partial charge < -0.3 is 21.3 Å². The molecule has 0 heterocycles. The molecule has 0 amide bonds. The van der Waals surface area contributed by atoms with Crippen LogP contribution in [0.25, 0.3) is 0 Å². The highest BCUT2D eigenvalue weighted by Gasteiger charge is 2.09. The van der Waals surface area contributed by atoms with Crippen molar-refractivity contribution in [1.29, 1.82) is 0 Å². The molecule has 0 saturated heterocycles. The van der Waals surface area contributed by atoms with Crippen molar-refractivity contribution < 1.29 is 9.84 Å². The van der Waals surface area contributed by atoms with Crippen molar-refractivity contribution in [3.63, 3.8) is 0 Å². The Balaban J connectivity index is 2.86. The summed E-state index contributed by atoms with van der Waals surface area (Å²) in [5, 5.41) is 9.49. The molecular formula is C11H18N2O2. The van der Waals surface area contributed by atoms with E-state index in [1.807, 2.05) is 6.92 Å². The van der Waals surface area contributed by atoms with Crippen LogP contribution in [-0.2, 0) is 0 Å². The van der Waals surface area contributed by atoms with E-state index in [1.54, 1.807) is 18.2 Å². The van der Waals surface area contributed by atoms with Gasteiger partial charge in [-0.2, -0.15) is 0 Å². The molecule has 1 rings (SSSR count). The molecule has 0 unspecified atom stereocenters. The highest BCUT2D eigenvalue weighted by molar-refractivity contribution is 5.42. The minimum absolute atomic E-state index is 0.102. The predicted molar refractivity (Wildman–Crippen MR) is 59.9 cm³/mol. The minimum atomic E-state index is -0.102. The fraction of sp³-hybridized carbons (Fsp3) is 0.455. The van der Waals surface area contributed by atoms with E-state index < -0.39 is 0 Å². The quantitative estimate of drug-likeness (QED) is 0.680. The van der Waals surface area contributed by atoms with Crippen molar-refractivity contribution in [2.75, 3.05) is 13.2 Å². The van der Waals surface area contributed by atoms with Crippen molar-refractivity contribution >= 4 is 0 Å². The number of ether oxygens (including phenoxy) is 1. The van der Waals surface area contributed by atoms with Gasteiger partial charge in [-0.25, -0.2) is 0 Å². The van der Waals surface area contributed by atoms with Gasteiger partial charge in [0, 0.05) is 6.04 Å². The van der Waals surface area contributed by atoms with Crippen LogP contribution in [0.5, 0.6) is 11.5 Å². The van der Waals surface area contributed by atoms with Gasteiger partial charge in [0.05, 0.1) is 6.61 Å². The predicted octanol–water partition coefficient (Wildman–Crippen LogP) is 1.14. The fourth-order valence-corrected chi connectivity index (χ4v) is 1.38. The summed E-state index contributed by atoms with van der Waals surface area (Å²) in [7, 11) is 0. The molecule has 1 aromatic carbocycles. The fourth-order valence-electron chi connectivity index (χ4n) is 1.38. The molecule has 1 aromatic rings. The van der Waals surface area contributed by atoms with Gasteiger partial charge in [-0.05, 0) is 37.6 Å². The Morgan fingerprint density at radius 2 is 2.20 bits per heavy atom. The molecule has 5 N–H and O–H groups in total. The highest BCUT2D eigenvalue weighted by atomic mass is 16.5. The smallest absolute Gasteiger partial charge is 0.161 e. The van der Waals surface area contributed by atoms with Crippen molar-refractivity contribution in [3.05, 3.63) is 23.8 Å². The normalized spacial score (nSPS) is 12.5. The van der Waals surface area contributed by atoms with Gasteiger partial charge in [0.25, 0.3) is 0 Å². The van der Waals surface area contributed by atoms with E-state index in [4.69, 9.17) is 16.2 Å². The van der Waals surface area contributed by atoms with Gasteiger partial charge in [-0.1, -0.05) is 6.07 Å². The number of phenols is 1. The Labute approximate surface area is 89.8 Å². The topological polar surface area (TPSA) is 81.5 Å². The molecular weight excluding hydrogens is 192 g/mol. The van der Waals surface area contributed by atoms with E-state index in [9.17, 15) is 5.11 Å². The standard InChI is InChI=1S/C11H18N2O2/c1-2-15-11-7-8(3-4-10(11)14)9(13)5-6-12/h3-4,7,9,14H,2,5-6,12-13H2,1H3/t9-/m0/s1. The Morgan fingerprint density at radius 1 is 1.47 bits per heavy atom. The van der Waals surface area contributed by atoms with Crippen LogP contribution in [0.2, 0.25) is 0 Å². The lowest BCUT2D eigenvalue weighted by Gasteiger charge is -2.13. The number of nitrogens with two attached hydrogens (primary N) is 2. The van der Waals surface area contributed by atoms with Crippen LogP contribution in [0.3, 0.4) is 0 Å². The van der Waals surface area contributed by atoms with Crippen LogP contribution < -0.4 is 16.2 Å². The first-order chi connectivity index (χ1) is 7.19. The van der Waals surface area contributed by atoms with E-state index in [0.29, 0.717) is 18.9 Å². The maximum Gasteiger partial charge on any atom is 0.161 e. The number of phenolic OH excluding ortho intramolecular Hbond substituents is 1. The number of hydrogen-bond donors (Lipinski definition) is 3. The van der Waals surface area contributed by atoms with Gasteiger partial charge in [0.1, 0.15) is 0 Å². The average molecular weight is 210 g/mol. The third kappa shape index (κ3) is 3.11. The lowest BCUT2D eigenvalue weighted by molar-refractivity contribution is 0.317. The zero-order valence-electron chi connectivity index (χ0n) is 8.94. The molecule has 4 heteroatoms. The zero-order valence-corrected chi connectivity index (χ0v) is 8.94. The molecule has 0 saturated carbocycles. The van der Waals surface area contributed by atoms with Crippen LogP contribution in [-0.4, -0.2) is 18.3 Å². The van der Waals surface area contributed by atoms with Crippen molar-refractivity contribution in [3.8, 4) is 11.5 Å². The molecule has 0 radical (unpaired) electrons. The summed E-state index contributed by atoms with van der Waals surface area (Å²) in [5.74, 6) is 0.614. The summed E-state index contributed by atoms with van der Waals surface area (Å²) in [5.41, 5.74) is 12.3. The summed E-state index contributed by atoms with van der Waals surface area (Å²) in [6.07, 6.45) is 0.719. The molecule has 0 bridgehead atoms. The summed E-state index contributed by atoms with van der Waals surface area (Å²) in [6, 6.07) is 5.04. The Bertz CT molecular complexity index is 315. The maximum atomic E-state index is 9.49. The SMILES string of the molecule is CCOc1cc([C@@H](N)CCN)ccc1O. The van der Waals surface area contributed by atoms with Crippen LogP contribution in [0.1, 0.15) is 24.9 Å². The molecule has 0 aliphatic rings. The van der Waals surface area contributed by atoms with Crippen LogP contribution in [0.15, 0.2) is 18.2 Å². The van der Waals surface area contributed by atoms with E-state index in [0.717, 1.165) is 12.0 Å². The molecule has 4 nitrogen and oxygen atoms in total.